The Bertz CT molecular complexity index is 761. The predicted molar refractivity (Wildman–Crippen MR) is 97.5 cm³/mol. The number of amides is 2. The third kappa shape index (κ3) is 4.93. The average Bonchev–Trinajstić information content (AvgIpc) is 2.90. The fraction of sp³-hybridized carbons (Fsp3) is 0.500. The Morgan fingerprint density at radius 1 is 1.15 bits per heavy atom. The van der Waals surface area contributed by atoms with E-state index in [1.807, 2.05) is 0 Å². The zero-order chi connectivity index (χ0) is 20.4. The van der Waals surface area contributed by atoms with Crippen LogP contribution >= 0.6 is 0 Å². The molecule has 146 valence electrons. The van der Waals surface area contributed by atoms with Crippen LogP contribution in [0.3, 0.4) is 0 Å². The molecule has 2 rings (SSSR count). The van der Waals surface area contributed by atoms with Crippen LogP contribution in [0.15, 0.2) is 18.2 Å². The first-order chi connectivity index (χ1) is 12.5. The molecule has 1 heterocycles. The first kappa shape index (κ1) is 20.6. The largest absolute Gasteiger partial charge is 0.496 e. The maximum absolute atomic E-state index is 12.6. The summed E-state index contributed by atoms with van der Waals surface area (Å²) < 4.78 is 10.7. The molecule has 1 aromatic rings. The van der Waals surface area contributed by atoms with Gasteiger partial charge in [0.05, 0.1) is 19.6 Å². The zero-order valence-electron chi connectivity index (χ0n) is 16.3. The third-order valence-corrected chi connectivity index (χ3v) is 4.24. The minimum atomic E-state index is -0.651. The van der Waals surface area contributed by atoms with Crippen LogP contribution in [-0.2, 0) is 19.1 Å². The van der Waals surface area contributed by atoms with Crippen LogP contribution in [-0.4, -0.2) is 47.7 Å². The van der Waals surface area contributed by atoms with Crippen LogP contribution in [0.1, 0.15) is 62.4 Å². The number of likely N-dealkylation sites (tertiary alicyclic amines) is 1. The Kier molecular flexibility index (Phi) is 6.03. The Hall–Kier alpha value is -2.70. The number of carbonyl (C=O) groups is 4. The molecule has 0 radical (unpaired) electrons. The van der Waals surface area contributed by atoms with Gasteiger partial charge in [-0.05, 0) is 45.9 Å². The summed E-state index contributed by atoms with van der Waals surface area (Å²) in [5.41, 5.74) is 0.174. The molecule has 0 saturated carbocycles. The maximum atomic E-state index is 12.6. The summed E-state index contributed by atoms with van der Waals surface area (Å²) in [5, 5.41) is 0. The van der Waals surface area contributed by atoms with E-state index < -0.39 is 17.5 Å². The van der Waals surface area contributed by atoms with E-state index in [0.29, 0.717) is 16.9 Å². The van der Waals surface area contributed by atoms with Crippen LogP contribution in [0, 0.1) is 0 Å². The van der Waals surface area contributed by atoms with Gasteiger partial charge in [-0.1, -0.05) is 0 Å². The number of hydrogen-bond acceptors (Lipinski definition) is 6. The number of carbonyl (C=O) groups excluding carboxylic acids is 4. The van der Waals surface area contributed by atoms with Crippen LogP contribution in [0.4, 0.5) is 0 Å². The van der Waals surface area contributed by atoms with E-state index in [0.717, 1.165) is 4.90 Å². The van der Waals surface area contributed by atoms with E-state index in [1.54, 1.807) is 45.9 Å². The van der Waals surface area contributed by atoms with Crippen molar-refractivity contribution in [3.63, 3.8) is 0 Å². The number of imide groups is 1. The molecule has 0 bridgehead atoms. The standard InChI is InChI=1S/C20H25NO6/c1-12(19(25)27-20(2,3)4)14-10-13(6-7-16(14)26-5)15(22)11-21-17(23)8-9-18(21)24/h6-7,10,12H,8-9,11H2,1-5H3. The fourth-order valence-corrected chi connectivity index (χ4v) is 2.80. The van der Waals surface area contributed by atoms with Crippen molar-refractivity contribution in [3.8, 4) is 5.75 Å². The molecule has 0 aliphatic carbocycles. The van der Waals surface area contributed by atoms with Crippen LogP contribution < -0.4 is 4.74 Å². The molecule has 1 aliphatic heterocycles. The summed E-state index contributed by atoms with van der Waals surface area (Å²) in [6.07, 6.45) is 0.269. The van der Waals surface area contributed by atoms with Gasteiger partial charge < -0.3 is 9.47 Å². The molecule has 1 aromatic carbocycles. The van der Waals surface area contributed by atoms with Gasteiger partial charge in [0.15, 0.2) is 5.78 Å². The highest BCUT2D eigenvalue weighted by Crippen LogP contribution is 2.30. The molecule has 1 aliphatic rings. The lowest BCUT2D eigenvalue weighted by molar-refractivity contribution is -0.156. The van der Waals surface area contributed by atoms with E-state index in [2.05, 4.69) is 0 Å². The molecule has 7 heteroatoms. The number of Topliss-reactive ketones (excluding diaryl/α,β-unsaturated/α-hetero) is 1. The SMILES string of the molecule is COc1ccc(C(=O)CN2C(=O)CCC2=O)cc1C(C)C(=O)OC(C)(C)C. The lowest BCUT2D eigenvalue weighted by Gasteiger charge is -2.23. The number of ketones is 1. The van der Waals surface area contributed by atoms with Crippen molar-refractivity contribution in [1.82, 2.24) is 4.90 Å². The summed E-state index contributed by atoms with van der Waals surface area (Å²) >= 11 is 0. The van der Waals surface area contributed by atoms with Gasteiger partial charge >= 0.3 is 5.97 Å². The summed E-state index contributed by atoms with van der Waals surface area (Å²) in [4.78, 5) is 49.4. The Morgan fingerprint density at radius 3 is 2.26 bits per heavy atom. The molecule has 7 nitrogen and oxygen atoms in total. The number of rotatable bonds is 6. The quantitative estimate of drug-likeness (QED) is 0.431. The smallest absolute Gasteiger partial charge is 0.313 e. The number of ether oxygens (including phenoxy) is 2. The van der Waals surface area contributed by atoms with Gasteiger partial charge in [-0.25, -0.2) is 0 Å². The molecular formula is C20H25NO6. The maximum Gasteiger partial charge on any atom is 0.313 e. The van der Waals surface area contributed by atoms with E-state index in [1.165, 1.54) is 7.11 Å². The van der Waals surface area contributed by atoms with Crippen LogP contribution in [0.25, 0.3) is 0 Å². The highest BCUT2D eigenvalue weighted by atomic mass is 16.6. The first-order valence-electron chi connectivity index (χ1n) is 8.80. The Morgan fingerprint density at radius 2 is 1.74 bits per heavy atom. The van der Waals surface area contributed by atoms with Crippen molar-refractivity contribution >= 4 is 23.6 Å². The van der Waals surface area contributed by atoms with Crippen molar-refractivity contribution < 1.29 is 28.7 Å². The fourth-order valence-electron chi connectivity index (χ4n) is 2.80. The second-order valence-electron chi connectivity index (χ2n) is 7.51. The van der Waals surface area contributed by atoms with Crippen LogP contribution in [0.2, 0.25) is 0 Å². The van der Waals surface area contributed by atoms with Gasteiger partial charge in [0.1, 0.15) is 11.4 Å². The normalized spacial score (nSPS) is 15.7. The Labute approximate surface area is 158 Å². The molecule has 1 unspecified atom stereocenters. The molecule has 0 aromatic heterocycles. The minimum Gasteiger partial charge on any atom is -0.496 e. The molecular weight excluding hydrogens is 350 g/mol. The second kappa shape index (κ2) is 7.90. The lowest BCUT2D eigenvalue weighted by atomic mass is 9.96. The zero-order valence-corrected chi connectivity index (χ0v) is 16.3. The van der Waals surface area contributed by atoms with Crippen molar-refractivity contribution in [1.29, 1.82) is 0 Å². The molecule has 1 saturated heterocycles. The molecule has 1 atom stereocenters. The van der Waals surface area contributed by atoms with Crippen molar-refractivity contribution in [2.75, 3.05) is 13.7 Å². The van der Waals surface area contributed by atoms with Gasteiger partial charge in [0, 0.05) is 24.0 Å². The van der Waals surface area contributed by atoms with Gasteiger partial charge in [-0.3, -0.25) is 24.1 Å². The minimum absolute atomic E-state index is 0.135. The van der Waals surface area contributed by atoms with Crippen LogP contribution in [0.5, 0.6) is 5.75 Å². The average molecular weight is 375 g/mol. The molecule has 27 heavy (non-hydrogen) atoms. The predicted octanol–water partition coefficient (Wildman–Crippen LogP) is 2.47. The number of nitrogens with zero attached hydrogens (tertiary/aromatic N) is 1. The number of benzene rings is 1. The van der Waals surface area contributed by atoms with Crippen molar-refractivity contribution in [2.45, 2.75) is 52.1 Å². The van der Waals surface area contributed by atoms with Crippen molar-refractivity contribution in [3.05, 3.63) is 29.3 Å². The van der Waals surface area contributed by atoms with E-state index in [9.17, 15) is 19.2 Å². The Balaban J connectivity index is 2.26. The molecule has 2 amide bonds. The number of hydrogen-bond donors (Lipinski definition) is 0. The molecule has 0 spiro atoms. The number of esters is 1. The van der Waals surface area contributed by atoms with E-state index in [-0.39, 0.29) is 37.0 Å². The summed E-state index contributed by atoms with van der Waals surface area (Å²) in [6, 6.07) is 4.70. The highest BCUT2D eigenvalue weighted by molar-refractivity contribution is 6.08. The lowest BCUT2D eigenvalue weighted by Crippen LogP contribution is -2.34. The van der Waals surface area contributed by atoms with Gasteiger partial charge in [0.2, 0.25) is 11.8 Å². The molecule has 1 fully saturated rings. The summed E-state index contributed by atoms with van der Waals surface area (Å²) in [5.74, 6) is -1.69. The molecule has 0 N–H and O–H groups in total. The van der Waals surface area contributed by atoms with E-state index in [4.69, 9.17) is 9.47 Å². The summed E-state index contributed by atoms with van der Waals surface area (Å²) in [6.45, 7) is 6.70. The second-order valence-corrected chi connectivity index (χ2v) is 7.51. The monoisotopic (exact) mass is 375 g/mol. The summed E-state index contributed by atoms with van der Waals surface area (Å²) in [7, 11) is 1.48. The highest BCUT2D eigenvalue weighted by Gasteiger charge is 2.31. The van der Waals surface area contributed by atoms with Gasteiger partial charge in [-0.2, -0.15) is 0 Å². The number of methoxy groups -OCH3 is 1. The van der Waals surface area contributed by atoms with Crippen molar-refractivity contribution in [2.24, 2.45) is 0 Å². The van der Waals surface area contributed by atoms with Gasteiger partial charge in [-0.15, -0.1) is 0 Å². The first-order valence-corrected chi connectivity index (χ1v) is 8.80. The third-order valence-electron chi connectivity index (χ3n) is 4.24. The topological polar surface area (TPSA) is 90.0 Å². The van der Waals surface area contributed by atoms with E-state index >= 15 is 0 Å². The van der Waals surface area contributed by atoms with Gasteiger partial charge in [0.25, 0.3) is 0 Å².